The number of benzene rings is 1. The van der Waals surface area contributed by atoms with Crippen molar-refractivity contribution in [3.63, 3.8) is 0 Å². The van der Waals surface area contributed by atoms with Crippen LogP contribution in [0.15, 0.2) is 22.7 Å². The summed E-state index contributed by atoms with van der Waals surface area (Å²) in [6.07, 6.45) is 1.45. The average Bonchev–Trinajstić information content (AvgIpc) is 2.19. The molecule has 3 N–H and O–H groups in total. The molecular weight excluding hydrogens is 268 g/mol. The molecule has 1 amide bonds. The normalized spacial score (nSPS) is 10.5. The van der Waals surface area contributed by atoms with Crippen LogP contribution in [0.25, 0.3) is 0 Å². The lowest BCUT2D eigenvalue weighted by Crippen LogP contribution is -2.12. The second kappa shape index (κ2) is 5.89. The standard InChI is InChI=1S/C12H17BrN2O/c1-8(2)3-6-12(16)15-11-5-4-9(14)7-10(11)13/h4-5,7-8H,3,6,14H2,1-2H3,(H,15,16). The molecule has 0 aliphatic rings. The molecule has 0 fully saturated rings. The Morgan fingerprint density at radius 2 is 2.19 bits per heavy atom. The molecule has 4 heteroatoms. The number of halogens is 1. The third-order valence-electron chi connectivity index (χ3n) is 2.22. The number of nitrogens with one attached hydrogen (secondary N) is 1. The molecule has 1 aromatic rings. The van der Waals surface area contributed by atoms with Crippen molar-refractivity contribution in [3.05, 3.63) is 22.7 Å². The van der Waals surface area contributed by atoms with Crippen LogP contribution < -0.4 is 11.1 Å². The van der Waals surface area contributed by atoms with Gasteiger partial charge in [0.1, 0.15) is 0 Å². The summed E-state index contributed by atoms with van der Waals surface area (Å²) in [5.41, 5.74) is 7.05. The van der Waals surface area contributed by atoms with E-state index in [1.807, 2.05) is 0 Å². The zero-order valence-corrected chi connectivity index (χ0v) is 11.2. The van der Waals surface area contributed by atoms with E-state index in [-0.39, 0.29) is 5.91 Å². The molecule has 0 unspecified atom stereocenters. The van der Waals surface area contributed by atoms with E-state index in [2.05, 4.69) is 35.1 Å². The number of rotatable bonds is 4. The summed E-state index contributed by atoms with van der Waals surface area (Å²) < 4.78 is 0.811. The van der Waals surface area contributed by atoms with Crippen LogP contribution in [0.5, 0.6) is 0 Å². The van der Waals surface area contributed by atoms with Gasteiger partial charge in [-0.25, -0.2) is 0 Å². The number of anilines is 2. The molecule has 0 saturated carbocycles. The van der Waals surface area contributed by atoms with Gasteiger partial charge in [-0.2, -0.15) is 0 Å². The molecule has 16 heavy (non-hydrogen) atoms. The zero-order chi connectivity index (χ0) is 12.1. The Labute approximate surface area is 105 Å². The highest BCUT2D eigenvalue weighted by Crippen LogP contribution is 2.24. The SMILES string of the molecule is CC(C)CCC(=O)Nc1ccc(N)cc1Br. The molecular formula is C12H17BrN2O. The van der Waals surface area contributed by atoms with Gasteiger partial charge in [0, 0.05) is 16.6 Å². The summed E-state index contributed by atoms with van der Waals surface area (Å²) in [6, 6.07) is 5.34. The Balaban J connectivity index is 2.56. The molecule has 0 aromatic heterocycles. The van der Waals surface area contributed by atoms with Crippen molar-refractivity contribution in [2.45, 2.75) is 26.7 Å². The Bertz CT molecular complexity index is 377. The molecule has 1 aromatic carbocycles. The van der Waals surface area contributed by atoms with E-state index in [4.69, 9.17) is 5.73 Å². The van der Waals surface area contributed by atoms with Gasteiger partial charge >= 0.3 is 0 Å². The van der Waals surface area contributed by atoms with E-state index < -0.39 is 0 Å². The van der Waals surface area contributed by atoms with Gasteiger partial charge in [-0.1, -0.05) is 13.8 Å². The Morgan fingerprint density at radius 3 is 2.75 bits per heavy atom. The summed E-state index contributed by atoms with van der Waals surface area (Å²) in [5, 5.41) is 2.85. The quantitative estimate of drug-likeness (QED) is 0.833. The number of amides is 1. The minimum Gasteiger partial charge on any atom is -0.399 e. The van der Waals surface area contributed by atoms with Gasteiger partial charge in [0.2, 0.25) is 5.91 Å². The fourth-order valence-corrected chi connectivity index (χ4v) is 1.76. The third kappa shape index (κ3) is 4.23. The lowest BCUT2D eigenvalue weighted by Gasteiger charge is -2.09. The first kappa shape index (κ1) is 13.0. The Morgan fingerprint density at radius 1 is 1.50 bits per heavy atom. The molecule has 0 spiro atoms. The predicted molar refractivity (Wildman–Crippen MR) is 71.3 cm³/mol. The summed E-state index contributed by atoms with van der Waals surface area (Å²) in [4.78, 5) is 11.6. The topological polar surface area (TPSA) is 55.1 Å². The summed E-state index contributed by atoms with van der Waals surface area (Å²) in [6.45, 7) is 4.21. The van der Waals surface area contributed by atoms with Crippen LogP contribution >= 0.6 is 15.9 Å². The maximum absolute atomic E-state index is 11.6. The lowest BCUT2D eigenvalue weighted by molar-refractivity contribution is -0.116. The van der Waals surface area contributed by atoms with Crippen LogP contribution in [0.2, 0.25) is 0 Å². The van der Waals surface area contributed by atoms with Crippen molar-refractivity contribution in [1.82, 2.24) is 0 Å². The van der Waals surface area contributed by atoms with Crippen molar-refractivity contribution in [2.75, 3.05) is 11.1 Å². The fourth-order valence-electron chi connectivity index (χ4n) is 1.27. The maximum atomic E-state index is 11.6. The summed E-state index contributed by atoms with van der Waals surface area (Å²) in [7, 11) is 0. The monoisotopic (exact) mass is 284 g/mol. The predicted octanol–water partition coefficient (Wildman–Crippen LogP) is 3.41. The van der Waals surface area contributed by atoms with E-state index >= 15 is 0 Å². The molecule has 88 valence electrons. The van der Waals surface area contributed by atoms with Crippen molar-refractivity contribution < 1.29 is 4.79 Å². The van der Waals surface area contributed by atoms with Crippen molar-refractivity contribution in [2.24, 2.45) is 5.92 Å². The first-order valence-electron chi connectivity index (χ1n) is 5.34. The van der Waals surface area contributed by atoms with E-state index in [1.165, 1.54) is 0 Å². The number of nitrogens with two attached hydrogens (primary N) is 1. The van der Waals surface area contributed by atoms with E-state index in [1.54, 1.807) is 18.2 Å². The number of carbonyl (C=O) groups is 1. The molecule has 1 rings (SSSR count). The smallest absolute Gasteiger partial charge is 0.224 e. The number of hydrogen-bond acceptors (Lipinski definition) is 2. The van der Waals surface area contributed by atoms with Gasteiger partial charge in [0.05, 0.1) is 5.69 Å². The molecule has 0 aliphatic carbocycles. The lowest BCUT2D eigenvalue weighted by atomic mass is 10.1. The second-order valence-electron chi connectivity index (χ2n) is 4.22. The number of carbonyl (C=O) groups excluding carboxylic acids is 1. The minimum atomic E-state index is 0.0409. The van der Waals surface area contributed by atoms with Gasteiger partial charge in [0.25, 0.3) is 0 Å². The first-order chi connectivity index (χ1) is 7.49. The molecule has 0 bridgehead atoms. The molecule has 0 atom stereocenters. The van der Waals surface area contributed by atoms with E-state index in [9.17, 15) is 4.79 Å². The van der Waals surface area contributed by atoms with Crippen LogP contribution in [-0.4, -0.2) is 5.91 Å². The van der Waals surface area contributed by atoms with Gasteiger partial charge in [-0.15, -0.1) is 0 Å². The summed E-state index contributed by atoms with van der Waals surface area (Å²) >= 11 is 3.36. The largest absolute Gasteiger partial charge is 0.399 e. The zero-order valence-electron chi connectivity index (χ0n) is 9.59. The van der Waals surface area contributed by atoms with Crippen LogP contribution in [0.1, 0.15) is 26.7 Å². The van der Waals surface area contributed by atoms with Gasteiger partial charge in [0.15, 0.2) is 0 Å². The minimum absolute atomic E-state index is 0.0409. The van der Waals surface area contributed by atoms with Crippen LogP contribution in [0.3, 0.4) is 0 Å². The highest BCUT2D eigenvalue weighted by Gasteiger charge is 2.06. The highest BCUT2D eigenvalue weighted by molar-refractivity contribution is 9.10. The maximum Gasteiger partial charge on any atom is 0.224 e. The van der Waals surface area contributed by atoms with Crippen molar-refractivity contribution in [1.29, 1.82) is 0 Å². The third-order valence-corrected chi connectivity index (χ3v) is 2.87. The van der Waals surface area contributed by atoms with Gasteiger partial charge < -0.3 is 11.1 Å². The molecule has 0 radical (unpaired) electrons. The number of hydrogen-bond donors (Lipinski definition) is 2. The van der Waals surface area contributed by atoms with E-state index in [0.717, 1.165) is 16.6 Å². The second-order valence-corrected chi connectivity index (χ2v) is 5.07. The van der Waals surface area contributed by atoms with Crippen molar-refractivity contribution in [3.8, 4) is 0 Å². The molecule has 3 nitrogen and oxygen atoms in total. The van der Waals surface area contributed by atoms with Crippen molar-refractivity contribution >= 4 is 33.2 Å². The Kier molecular flexibility index (Phi) is 4.80. The molecule has 0 saturated heterocycles. The molecule has 0 heterocycles. The van der Waals surface area contributed by atoms with Crippen LogP contribution in [-0.2, 0) is 4.79 Å². The number of nitrogen functional groups attached to an aromatic ring is 1. The highest BCUT2D eigenvalue weighted by atomic mass is 79.9. The Hall–Kier alpha value is -1.03. The van der Waals surface area contributed by atoms with Gasteiger partial charge in [-0.3, -0.25) is 4.79 Å². The van der Waals surface area contributed by atoms with Gasteiger partial charge in [-0.05, 0) is 46.5 Å². The fraction of sp³-hybridized carbons (Fsp3) is 0.417. The average molecular weight is 285 g/mol. The molecule has 0 aliphatic heterocycles. The first-order valence-corrected chi connectivity index (χ1v) is 6.13. The van der Waals surface area contributed by atoms with E-state index in [0.29, 0.717) is 18.0 Å². The summed E-state index contributed by atoms with van der Waals surface area (Å²) in [5.74, 6) is 0.583. The van der Waals surface area contributed by atoms with Crippen LogP contribution in [0, 0.1) is 5.92 Å². The van der Waals surface area contributed by atoms with Crippen LogP contribution in [0.4, 0.5) is 11.4 Å².